The molecule has 1 atom stereocenters. The molecule has 0 spiro atoms. The number of hydrogen-bond acceptors (Lipinski definition) is 4. The number of carbonyl (C=O) groups is 1. The average molecular weight is 300 g/mol. The van der Waals surface area contributed by atoms with Crippen molar-refractivity contribution in [1.29, 1.82) is 0 Å². The van der Waals surface area contributed by atoms with E-state index in [1.807, 2.05) is 31.2 Å². The van der Waals surface area contributed by atoms with E-state index in [4.69, 9.17) is 9.26 Å². The van der Waals surface area contributed by atoms with Crippen LogP contribution in [-0.4, -0.2) is 30.1 Å². The first kappa shape index (κ1) is 14.6. The third-order valence-corrected chi connectivity index (χ3v) is 4.22. The van der Waals surface area contributed by atoms with Crippen LogP contribution in [0.15, 0.2) is 34.9 Å². The van der Waals surface area contributed by atoms with Gasteiger partial charge >= 0.3 is 0 Å². The van der Waals surface area contributed by atoms with Gasteiger partial charge < -0.3 is 14.2 Å². The quantitative estimate of drug-likeness (QED) is 0.849. The lowest BCUT2D eigenvalue weighted by Gasteiger charge is -2.25. The molecule has 22 heavy (non-hydrogen) atoms. The number of ether oxygens (including phenoxy) is 1. The summed E-state index contributed by atoms with van der Waals surface area (Å²) in [5.74, 6) is 1.90. The average Bonchev–Trinajstić information content (AvgIpc) is 3.30. The van der Waals surface area contributed by atoms with Crippen LogP contribution in [0.3, 0.4) is 0 Å². The van der Waals surface area contributed by atoms with Crippen LogP contribution < -0.4 is 4.74 Å². The van der Waals surface area contributed by atoms with Gasteiger partial charge in [0.05, 0.1) is 13.2 Å². The normalized spacial score (nSPS) is 15.4. The first-order valence-corrected chi connectivity index (χ1v) is 7.48. The minimum Gasteiger partial charge on any atom is -0.496 e. The zero-order valence-electron chi connectivity index (χ0n) is 13.1. The summed E-state index contributed by atoms with van der Waals surface area (Å²) in [7, 11) is 3.40. The maximum absolute atomic E-state index is 12.6. The van der Waals surface area contributed by atoms with E-state index in [2.05, 4.69) is 5.16 Å². The zero-order valence-corrected chi connectivity index (χ0v) is 13.1. The van der Waals surface area contributed by atoms with Gasteiger partial charge in [0, 0.05) is 24.6 Å². The van der Waals surface area contributed by atoms with Gasteiger partial charge in [0.15, 0.2) is 5.69 Å². The lowest BCUT2D eigenvalue weighted by atomic mass is 10.1. The number of para-hydroxylation sites is 1. The van der Waals surface area contributed by atoms with Crippen LogP contribution in [0, 0.1) is 0 Å². The minimum absolute atomic E-state index is 0.121. The molecule has 0 saturated heterocycles. The van der Waals surface area contributed by atoms with Crippen LogP contribution in [0.25, 0.3) is 0 Å². The van der Waals surface area contributed by atoms with E-state index in [9.17, 15) is 4.79 Å². The standard InChI is InChI=1S/C17H20N2O3/c1-11(13-6-4-5-7-15(13)21-3)19(2)17(20)14-10-16(22-18-14)12-8-9-12/h4-7,10-12H,8-9H2,1-3H3. The van der Waals surface area contributed by atoms with E-state index in [1.54, 1.807) is 25.1 Å². The van der Waals surface area contributed by atoms with E-state index >= 15 is 0 Å². The number of nitrogens with zero attached hydrogens (tertiary/aromatic N) is 2. The number of carbonyl (C=O) groups excluding carboxylic acids is 1. The summed E-state index contributed by atoms with van der Waals surface area (Å²) in [6.45, 7) is 1.97. The van der Waals surface area contributed by atoms with Gasteiger partial charge in [0.1, 0.15) is 11.5 Å². The molecule has 1 heterocycles. The zero-order chi connectivity index (χ0) is 15.7. The predicted octanol–water partition coefficient (Wildman–Crippen LogP) is 3.39. The summed E-state index contributed by atoms with van der Waals surface area (Å²) in [6, 6.07) is 9.36. The van der Waals surface area contributed by atoms with Crippen molar-refractivity contribution in [2.24, 2.45) is 0 Å². The van der Waals surface area contributed by atoms with Crippen molar-refractivity contribution in [2.45, 2.75) is 31.7 Å². The highest BCUT2D eigenvalue weighted by atomic mass is 16.5. The Morgan fingerprint density at radius 1 is 1.41 bits per heavy atom. The summed E-state index contributed by atoms with van der Waals surface area (Å²) in [6.07, 6.45) is 2.24. The maximum Gasteiger partial charge on any atom is 0.276 e. The fraction of sp³-hybridized carbons (Fsp3) is 0.412. The van der Waals surface area contributed by atoms with E-state index in [1.165, 1.54) is 0 Å². The summed E-state index contributed by atoms with van der Waals surface area (Å²) in [4.78, 5) is 14.2. The Morgan fingerprint density at radius 2 is 2.14 bits per heavy atom. The highest BCUT2D eigenvalue weighted by Crippen LogP contribution is 2.40. The molecule has 5 heteroatoms. The molecule has 0 radical (unpaired) electrons. The molecule has 3 rings (SSSR count). The lowest BCUT2D eigenvalue weighted by Crippen LogP contribution is -2.30. The molecule has 0 bridgehead atoms. The Morgan fingerprint density at radius 3 is 2.82 bits per heavy atom. The summed E-state index contributed by atoms with van der Waals surface area (Å²) < 4.78 is 10.6. The Balaban J connectivity index is 1.79. The Bertz CT molecular complexity index is 676. The number of methoxy groups -OCH3 is 1. The second-order valence-corrected chi connectivity index (χ2v) is 5.72. The molecule has 1 unspecified atom stereocenters. The molecule has 0 aliphatic heterocycles. The van der Waals surface area contributed by atoms with Crippen molar-refractivity contribution in [3.8, 4) is 5.75 Å². The second-order valence-electron chi connectivity index (χ2n) is 5.72. The van der Waals surface area contributed by atoms with Gasteiger partial charge in [0.2, 0.25) is 0 Å². The van der Waals surface area contributed by atoms with Gasteiger partial charge in [-0.15, -0.1) is 0 Å². The molecule has 5 nitrogen and oxygen atoms in total. The second kappa shape index (κ2) is 5.83. The van der Waals surface area contributed by atoms with Crippen LogP contribution in [0.5, 0.6) is 5.75 Å². The molecule has 1 aromatic carbocycles. The highest BCUT2D eigenvalue weighted by molar-refractivity contribution is 5.92. The van der Waals surface area contributed by atoms with Gasteiger partial charge in [-0.1, -0.05) is 23.4 Å². The molecular formula is C17H20N2O3. The van der Waals surface area contributed by atoms with Gasteiger partial charge in [0.25, 0.3) is 5.91 Å². The molecule has 116 valence electrons. The van der Waals surface area contributed by atoms with Crippen molar-refractivity contribution in [3.63, 3.8) is 0 Å². The van der Waals surface area contributed by atoms with E-state index in [0.717, 1.165) is 29.9 Å². The fourth-order valence-electron chi connectivity index (χ4n) is 2.53. The molecule has 1 aliphatic carbocycles. The molecular weight excluding hydrogens is 280 g/mol. The Hall–Kier alpha value is -2.30. The van der Waals surface area contributed by atoms with Crippen molar-refractivity contribution < 1.29 is 14.1 Å². The van der Waals surface area contributed by atoms with Crippen molar-refractivity contribution >= 4 is 5.91 Å². The SMILES string of the molecule is COc1ccccc1C(C)N(C)C(=O)c1cc(C2CC2)on1. The molecule has 1 amide bonds. The summed E-state index contributed by atoms with van der Waals surface area (Å²) in [5, 5.41) is 3.92. The number of benzene rings is 1. The van der Waals surface area contributed by atoms with E-state index in [-0.39, 0.29) is 11.9 Å². The van der Waals surface area contributed by atoms with Gasteiger partial charge in [-0.05, 0) is 25.8 Å². The predicted molar refractivity (Wildman–Crippen MR) is 82.0 cm³/mol. The van der Waals surface area contributed by atoms with Crippen LogP contribution in [0.2, 0.25) is 0 Å². The molecule has 1 fully saturated rings. The number of aromatic nitrogens is 1. The fourth-order valence-corrected chi connectivity index (χ4v) is 2.53. The van der Waals surface area contributed by atoms with Crippen molar-refractivity contribution in [1.82, 2.24) is 10.1 Å². The van der Waals surface area contributed by atoms with Crippen LogP contribution in [0.4, 0.5) is 0 Å². The van der Waals surface area contributed by atoms with Gasteiger partial charge in [-0.2, -0.15) is 0 Å². The van der Waals surface area contributed by atoms with Gasteiger partial charge in [-0.3, -0.25) is 4.79 Å². The van der Waals surface area contributed by atoms with E-state index in [0.29, 0.717) is 11.6 Å². The van der Waals surface area contributed by atoms with Crippen LogP contribution >= 0.6 is 0 Å². The smallest absolute Gasteiger partial charge is 0.276 e. The molecule has 1 saturated carbocycles. The first-order valence-electron chi connectivity index (χ1n) is 7.48. The number of rotatable bonds is 5. The van der Waals surface area contributed by atoms with Gasteiger partial charge in [-0.25, -0.2) is 0 Å². The lowest BCUT2D eigenvalue weighted by molar-refractivity contribution is 0.0730. The molecule has 1 aromatic heterocycles. The third kappa shape index (κ3) is 2.71. The first-order chi connectivity index (χ1) is 10.6. The highest BCUT2D eigenvalue weighted by Gasteiger charge is 2.30. The Kier molecular flexibility index (Phi) is 3.88. The molecule has 2 aromatic rings. The summed E-state index contributed by atoms with van der Waals surface area (Å²) >= 11 is 0. The van der Waals surface area contributed by atoms with Crippen molar-refractivity contribution in [2.75, 3.05) is 14.2 Å². The molecule has 0 N–H and O–H groups in total. The van der Waals surface area contributed by atoms with E-state index < -0.39 is 0 Å². The minimum atomic E-state index is -0.144. The molecule has 1 aliphatic rings. The third-order valence-electron chi connectivity index (χ3n) is 4.22. The van der Waals surface area contributed by atoms with Crippen molar-refractivity contribution in [3.05, 3.63) is 47.3 Å². The largest absolute Gasteiger partial charge is 0.496 e. The number of amides is 1. The van der Waals surface area contributed by atoms with Crippen LogP contribution in [0.1, 0.15) is 53.5 Å². The summed E-state index contributed by atoms with van der Waals surface area (Å²) in [5.41, 5.74) is 1.33. The van der Waals surface area contributed by atoms with Crippen LogP contribution in [-0.2, 0) is 0 Å². The topological polar surface area (TPSA) is 55.6 Å². The maximum atomic E-state index is 12.6. The monoisotopic (exact) mass is 300 g/mol. The number of hydrogen-bond donors (Lipinski definition) is 0. The Labute approximate surface area is 129 Å².